The van der Waals surface area contributed by atoms with Crippen LogP contribution < -0.4 is 0 Å². The minimum atomic E-state index is -0.815. The molecule has 0 unspecified atom stereocenters. The highest BCUT2D eigenvalue weighted by atomic mass is 16.4. The Morgan fingerprint density at radius 2 is 1.75 bits per heavy atom. The van der Waals surface area contributed by atoms with Crippen LogP contribution in [0.4, 0.5) is 0 Å². The summed E-state index contributed by atoms with van der Waals surface area (Å²) in [5, 5.41) is 9.22. The molecule has 1 atom stereocenters. The lowest BCUT2D eigenvalue weighted by atomic mass is 9.95. The second-order valence-electron chi connectivity index (χ2n) is 6.25. The Morgan fingerprint density at radius 1 is 1.04 bits per heavy atom. The third-order valence-corrected chi connectivity index (χ3v) is 4.54. The van der Waals surface area contributed by atoms with E-state index in [9.17, 15) is 14.7 Å². The molecule has 0 aliphatic carbocycles. The van der Waals surface area contributed by atoms with Crippen LogP contribution in [0.25, 0.3) is 0 Å². The quantitative estimate of drug-likeness (QED) is 0.940. The highest BCUT2D eigenvalue weighted by molar-refractivity contribution is 5.96. The number of aliphatic carboxylic acids is 1. The second kappa shape index (κ2) is 7.30. The van der Waals surface area contributed by atoms with Gasteiger partial charge in [-0.15, -0.1) is 0 Å². The summed E-state index contributed by atoms with van der Waals surface area (Å²) >= 11 is 0. The minimum absolute atomic E-state index is 0.0625. The molecule has 1 aliphatic rings. The van der Waals surface area contributed by atoms with Crippen molar-refractivity contribution in [2.45, 2.75) is 19.3 Å². The smallest absolute Gasteiger partial charge is 0.308 e. The van der Waals surface area contributed by atoms with Crippen LogP contribution in [0.2, 0.25) is 0 Å². The molecule has 0 radical (unpaired) electrons. The zero-order valence-electron chi connectivity index (χ0n) is 13.5. The van der Waals surface area contributed by atoms with Crippen LogP contribution in [0, 0.1) is 5.92 Å². The van der Waals surface area contributed by atoms with E-state index in [1.165, 1.54) is 0 Å². The van der Waals surface area contributed by atoms with Gasteiger partial charge in [-0.1, -0.05) is 48.5 Å². The van der Waals surface area contributed by atoms with E-state index in [0.29, 0.717) is 31.5 Å². The number of hydrogen-bond donors (Lipinski definition) is 1. The summed E-state index contributed by atoms with van der Waals surface area (Å²) in [4.78, 5) is 25.8. The summed E-state index contributed by atoms with van der Waals surface area (Å²) in [6, 6.07) is 17.6. The van der Waals surface area contributed by atoms with Gasteiger partial charge in [-0.05, 0) is 36.5 Å². The Kier molecular flexibility index (Phi) is 4.94. The second-order valence-corrected chi connectivity index (χ2v) is 6.25. The number of nitrogens with zero attached hydrogens (tertiary/aromatic N) is 1. The summed E-state index contributed by atoms with van der Waals surface area (Å²) in [6.45, 7) is 0.927. The van der Waals surface area contributed by atoms with Crippen LogP contribution in [0.15, 0.2) is 54.6 Å². The standard InChI is InChI=1S/C20H21NO3/c22-19(21-12-6-10-17(14-21)20(23)24)18-11-5-4-9-16(18)13-15-7-2-1-3-8-15/h1-5,7-9,11,17H,6,10,12-14H2,(H,23,24)/t17-/m0/s1. The molecule has 3 rings (SSSR count). The Hall–Kier alpha value is -2.62. The monoisotopic (exact) mass is 323 g/mol. The number of benzene rings is 2. The molecule has 1 fully saturated rings. The maximum atomic E-state index is 12.9. The molecular formula is C20H21NO3. The van der Waals surface area contributed by atoms with E-state index in [4.69, 9.17) is 0 Å². The number of carboxylic acid groups (broad SMARTS) is 1. The third-order valence-electron chi connectivity index (χ3n) is 4.54. The highest BCUT2D eigenvalue weighted by Crippen LogP contribution is 2.21. The number of amides is 1. The van der Waals surface area contributed by atoms with Crippen LogP contribution in [0.1, 0.15) is 34.3 Å². The topological polar surface area (TPSA) is 57.6 Å². The maximum absolute atomic E-state index is 12.9. The Labute approximate surface area is 141 Å². The van der Waals surface area contributed by atoms with Crippen molar-refractivity contribution in [2.24, 2.45) is 5.92 Å². The SMILES string of the molecule is O=C(O)[C@H]1CCCN(C(=O)c2ccccc2Cc2ccccc2)C1. The van der Waals surface area contributed by atoms with Gasteiger partial charge in [-0.25, -0.2) is 0 Å². The molecule has 24 heavy (non-hydrogen) atoms. The van der Waals surface area contributed by atoms with Gasteiger partial charge in [-0.2, -0.15) is 0 Å². The molecule has 0 saturated carbocycles. The van der Waals surface area contributed by atoms with Crippen molar-refractivity contribution >= 4 is 11.9 Å². The summed E-state index contributed by atoms with van der Waals surface area (Å²) < 4.78 is 0. The van der Waals surface area contributed by atoms with E-state index in [1.54, 1.807) is 4.90 Å². The van der Waals surface area contributed by atoms with Crippen LogP contribution >= 0.6 is 0 Å². The average molecular weight is 323 g/mol. The molecule has 1 aliphatic heterocycles. The molecule has 4 heteroatoms. The number of hydrogen-bond acceptors (Lipinski definition) is 2. The summed E-state index contributed by atoms with van der Waals surface area (Å²) in [6.07, 6.45) is 2.08. The number of rotatable bonds is 4. The maximum Gasteiger partial charge on any atom is 0.308 e. The zero-order chi connectivity index (χ0) is 16.9. The van der Waals surface area contributed by atoms with Crippen molar-refractivity contribution in [3.63, 3.8) is 0 Å². The number of piperidine rings is 1. The van der Waals surface area contributed by atoms with Crippen LogP contribution in [-0.2, 0) is 11.2 Å². The molecular weight excluding hydrogens is 302 g/mol. The third kappa shape index (κ3) is 3.65. The lowest BCUT2D eigenvalue weighted by Gasteiger charge is -2.31. The lowest BCUT2D eigenvalue weighted by Crippen LogP contribution is -2.42. The van der Waals surface area contributed by atoms with E-state index < -0.39 is 11.9 Å². The summed E-state index contributed by atoms with van der Waals surface area (Å²) in [7, 11) is 0. The first kappa shape index (κ1) is 16.2. The fraction of sp³-hybridized carbons (Fsp3) is 0.300. The van der Waals surface area contributed by atoms with Gasteiger partial charge in [0, 0.05) is 18.7 Å². The Balaban J connectivity index is 1.81. The first-order chi connectivity index (χ1) is 11.6. The van der Waals surface area contributed by atoms with E-state index in [2.05, 4.69) is 0 Å². The first-order valence-corrected chi connectivity index (χ1v) is 8.29. The van der Waals surface area contributed by atoms with E-state index >= 15 is 0 Å². The van der Waals surface area contributed by atoms with Crippen molar-refractivity contribution in [3.8, 4) is 0 Å². The van der Waals surface area contributed by atoms with Crippen LogP contribution in [0.3, 0.4) is 0 Å². The van der Waals surface area contributed by atoms with Crippen LogP contribution in [0.5, 0.6) is 0 Å². The predicted octanol–water partition coefficient (Wildman–Crippen LogP) is 3.21. The van der Waals surface area contributed by atoms with Gasteiger partial charge < -0.3 is 10.0 Å². The fourth-order valence-corrected chi connectivity index (χ4v) is 3.23. The van der Waals surface area contributed by atoms with Crippen molar-refractivity contribution in [1.82, 2.24) is 4.90 Å². The average Bonchev–Trinajstić information content (AvgIpc) is 2.62. The molecule has 0 bridgehead atoms. The van der Waals surface area contributed by atoms with E-state index in [-0.39, 0.29) is 5.91 Å². The largest absolute Gasteiger partial charge is 0.481 e. The Bertz CT molecular complexity index is 727. The number of carbonyl (C=O) groups is 2. The van der Waals surface area contributed by atoms with Gasteiger partial charge >= 0.3 is 5.97 Å². The Morgan fingerprint density at radius 3 is 2.50 bits per heavy atom. The van der Waals surface area contributed by atoms with Gasteiger partial charge in [0.05, 0.1) is 5.92 Å². The summed E-state index contributed by atoms with van der Waals surface area (Å²) in [5.41, 5.74) is 2.80. The van der Waals surface area contributed by atoms with Crippen molar-refractivity contribution in [2.75, 3.05) is 13.1 Å². The molecule has 1 N–H and O–H groups in total. The van der Waals surface area contributed by atoms with Gasteiger partial charge in [0.1, 0.15) is 0 Å². The lowest BCUT2D eigenvalue weighted by molar-refractivity contribution is -0.143. The molecule has 4 nitrogen and oxygen atoms in total. The highest BCUT2D eigenvalue weighted by Gasteiger charge is 2.29. The van der Waals surface area contributed by atoms with E-state index in [0.717, 1.165) is 17.5 Å². The molecule has 0 aromatic heterocycles. The molecule has 2 aromatic carbocycles. The predicted molar refractivity (Wildman–Crippen MR) is 92.0 cm³/mol. The number of carboxylic acids is 1. The molecule has 1 amide bonds. The number of carbonyl (C=O) groups excluding carboxylic acids is 1. The van der Waals surface area contributed by atoms with Gasteiger partial charge in [0.2, 0.25) is 0 Å². The zero-order valence-corrected chi connectivity index (χ0v) is 13.5. The molecule has 2 aromatic rings. The van der Waals surface area contributed by atoms with Crippen molar-refractivity contribution < 1.29 is 14.7 Å². The molecule has 1 heterocycles. The van der Waals surface area contributed by atoms with Gasteiger partial charge in [0.25, 0.3) is 5.91 Å². The van der Waals surface area contributed by atoms with Gasteiger partial charge in [-0.3, -0.25) is 9.59 Å². The fourth-order valence-electron chi connectivity index (χ4n) is 3.23. The van der Waals surface area contributed by atoms with Crippen molar-refractivity contribution in [1.29, 1.82) is 0 Å². The van der Waals surface area contributed by atoms with Gasteiger partial charge in [0.15, 0.2) is 0 Å². The molecule has 1 saturated heterocycles. The first-order valence-electron chi connectivity index (χ1n) is 8.29. The normalized spacial score (nSPS) is 17.5. The minimum Gasteiger partial charge on any atom is -0.481 e. The van der Waals surface area contributed by atoms with Crippen molar-refractivity contribution in [3.05, 3.63) is 71.3 Å². The number of likely N-dealkylation sites (tertiary alicyclic amines) is 1. The van der Waals surface area contributed by atoms with Crippen LogP contribution in [-0.4, -0.2) is 35.0 Å². The summed E-state index contributed by atoms with van der Waals surface area (Å²) in [5.74, 6) is -1.33. The molecule has 0 spiro atoms. The molecule has 124 valence electrons. The van der Waals surface area contributed by atoms with E-state index in [1.807, 2.05) is 54.6 Å².